The van der Waals surface area contributed by atoms with Gasteiger partial charge in [0.2, 0.25) is 10.0 Å². The smallest absolute Gasteiger partial charge is 0.251 e. The van der Waals surface area contributed by atoms with Gasteiger partial charge in [-0.05, 0) is 48.5 Å². The van der Waals surface area contributed by atoms with Crippen LogP contribution in [0.15, 0.2) is 48.5 Å². The Morgan fingerprint density at radius 2 is 1.43 bits per heavy atom. The first-order valence-electron chi connectivity index (χ1n) is 9.72. The van der Waals surface area contributed by atoms with Crippen molar-refractivity contribution < 1.29 is 22.7 Å². The average molecular weight is 434 g/mol. The van der Waals surface area contributed by atoms with Crippen molar-refractivity contribution in [3.05, 3.63) is 54.1 Å². The Morgan fingerprint density at radius 3 is 1.97 bits per heavy atom. The van der Waals surface area contributed by atoms with E-state index < -0.39 is 10.0 Å². The maximum absolute atomic E-state index is 12.6. The molecule has 1 fully saturated rings. The Kier molecular flexibility index (Phi) is 7.17. The number of hydrogen-bond donors (Lipinski definition) is 1. The molecule has 0 bridgehead atoms. The summed E-state index contributed by atoms with van der Waals surface area (Å²) in [5, 5.41) is 2.67. The summed E-state index contributed by atoms with van der Waals surface area (Å²) in [4.78, 5) is 14.3. The number of anilines is 1. The molecule has 3 rings (SSSR count). The number of sulfonamides is 1. The predicted molar refractivity (Wildman–Crippen MR) is 116 cm³/mol. The highest BCUT2D eigenvalue weighted by Gasteiger charge is 2.27. The van der Waals surface area contributed by atoms with E-state index in [1.807, 2.05) is 24.3 Å². The normalized spacial score (nSPS) is 14.9. The number of piperazine rings is 1. The van der Waals surface area contributed by atoms with Gasteiger partial charge in [0.05, 0.1) is 20.0 Å². The maximum Gasteiger partial charge on any atom is 0.251 e. The van der Waals surface area contributed by atoms with Gasteiger partial charge in [-0.25, -0.2) is 8.42 Å². The molecule has 0 spiro atoms. The van der Waals surface area contributed by atoms with Crippen LogP contribution in [0.3, 0.4) is 0 Å². The Balaban J connectivity index is 1.47. The molecule has 1 aliphatic rings. The molecule has 8 nitrogen and oxygen atoms in total. The van der Waals surface area contributed by atoms with Gasteiger partial charge in [0.25, 0.3) is 5.91 Å². The van der Waals surface area contributed by atoms with E-state index in [0.717, 1.165) is 11.4 Å². The van der Waals surface area contributed by atoms with E-state index in [1.54, 1.807) is 38.5 Å². The van der Waals surface area contributed by atoms with E-state index >= 15 is 0 Å². The lowest BCUT2D eigenvalue weighted by Gasteiger charge is -2.35. The summed E-state index contributed by atoms with van der Waals surface area (Å²) in [5.41, 5.74) is 1.50. The molecule has 162 valence electrons. The molecule has 30 heavy (non-hydrogen) atoms. The van der Waals surface area contributed by atoms with Crippen molar-refractivity contribution in [3.63, 3.8) is 0 Å². The number of methoxy groups -OCH3 is 2. The summed E-state index contributed by atoms with van der Waals surface area (Å²) in [6.07, 6.45) is 0. The molecule has 1 N–H and O–H groups in total. The minimum Gasteiger partial charge on any atom is -0.497 e. The molecule has 0 atom stereocenters. The van der Waals surface area contributed by atoms with Crippen molar-refractivity contribution in [1.82, 2.24) is 9.62 Å². The lowest BCUT2D eigenvalue weighted by Crippen LogP contribution is -2.50. The topological polar surface area (TPSA) is 88.2 Å². The van der Waals surface area contributed by atoms with Crippen LogP contribution in [0, 0.1) is 0 Å². The summed E-state index contributed by atoms with van der Waals surface area (Å²) in [5.74, 6) is 1.01. The Morgan fingerprint density at radius 1 is 0.900 bits per heavy atom. The molecule has 0 saturated carbocycles. The quantitative estimate of drug-likeness (QED) is 0.680. The number of benzene rings is 2. The van der Waals surface area contributed by atoms with Crippen molar-refractivity contribution in [2.24, 2.45) is 0 Å². The van der Waals surface area contributed by atoms with Gasteiger partial charge in [0, 0.05) is 44.0 Å². The fourth-order valence-corrected chi connectivity index (χ4v) is 4.62. The van der Waals surface area contributed by atoms with E-state index in [9.17, 15) is 13.2 Å². The number of rotatable bonds is 8. The molecule has 0 aromatic heterocycles. The van der Waals surface area contributed by atoms with E-state index in [2.05, 4.69) is 10.2 Å². The van der Waals surface area contributed by atoms with Gasteiger partial charge in [0.1, 0.15) is 11.5 Å². The summed E-state index contributed by atoms with van der Waals surface area (Å²) >= 11 is 0. The van der Waals surface area contributed by atoms with E-state index in [0.29, 0.717) is 37.5 Å². The first kappa shape index (κ1) is 21.9. The van der Waals surface area contributed by atoms with Gasteiger partial charge < -0.3 is 19.7 Å². The second-order valence-electron chi connectivity index (χ2n) is 6.88. The van der Waals surface area contributed by atoms with Gasteiger partial charge in [-0.1, -0.05) is 0 Å². The summed E-state index contributed by atoms with van der Waals surface area (Å²) in [6, 6.07) is 14.4. The fourth-order valence-electron chi connectivity index (χ4n) is 3.28. The van der Waals surface area contributed by atoms with Crippen LogP contribution in [0.5, 0.6) is 11.5 Å². The highest BCUT2D eigenvalue weighted by atomic mass is 32.2. The number of carbonyl (C=O) groups excluding carboxylic acids is 1. The lowest BCUT2D eigenvalue weighted by atomic mass is 10.2. The van der Waals surface area contributed by atoms with Crippen molar-refractivity contribution in [2.45, 2.75) is 0 Å². The molecule has 1 amide bonds. The lowest BCUT2D eigenvalue weighted by molar-refractivity contribution is 0.0956. The molecular formula is C21H27N3O5S. The molecule has 1 saturated heterocycles. The van der Waals surface area contributed by atoms with Gasteiger partial charge in [-0.3, -0.25) is 4.79 Å². The molecule has 0 aliphatic carbocycles. The number of ether oxygens (including phenoxy) is 2. The SMILES string of the molecule is COc1ccc(C(=O)NCCS(=O)(=O)N2CCN(c3ccc(OC)cc3)CC2)cc1. The maximum atomic E-state index is 12.6. The van der Waals surface area contributed by atoms with Gasteiger partial charge in [-0.2, -0.15) is 4.31 Å². The zero-order valence-electron chi connectivity index (χ0n) is 17.2. The van der Waals surface area contributed by atoms with Crippen molar-refractivity contribution in [3.8, 4) is 11.5 Å². The van der Waals surface area contributed by atoms with Crippen LogP contribution >= 0.6 is 0 Å². The van der Waals surface area contributed by atoms with Crippen LogP contribution in [0.2, 0.25) is 0 Å². The van der Waals surface area contributed by atoms with Crippen LogP contribution in [-0.4, -0.2) is 71.3 Å². The number of nitrogens with zero attached hydrogens (tertiary/aromatic N) is 2. The Hall–Kier alpha value is -2.78. The van der Waals surface area contributed by atoms with Crippen LogP contribution in [0.25, 0.3) is 0 Å². The van der Waals surface area contributed by atoms with Gasteiger partial charge >= 0.3 is 0 Å². The van der Waals surface area contributed by atoms with Crippen molar-refractivity contribution in [1.29, 1.82) is 0 Å². The number of hydrogen-bond acceptors (Lipinski definition) is 6. The van der Waals surface area contributed by atoms with Crippen LogP contribution in [0.4, 0.5) is 5.69 Å². The number of carbonyl (C=O) groups is 1. The van der Waals surface area contributed by atoms with Crippen molar-refractivity contribution >= 4 is 21.6 Å². The number of amides is 1. The summed E-state index contributed by atoms with van der Waals surface area (Å²) < 4.78 is 37.0. The molecule has 9 heteroatoms. The third-order valence-corrected chi connectivity index (χ3v) is 6.94. The largest absolute Gasteiger partial charge is 0.497 e. The molecule has 1 aliphatic heterocycles. The molecule has 2 aromatic rings. The van der Waals surface area contributed by atoms with Gasteiger partial charge in [-0.15, -0.1) is 0 Å². The second kappa shape index (κ2) is 9.82. The monoisotopic (exact) mass is 433 g/mol. The summed E-state index contributed by atoms with van der Waals surface area (Å²) in [7, 11) is -0.261. The Bertz CT molecular complexity index is 938. The standard InChI is InChI=1S/C21H27N3O5S/c1-28-19-7-3-17(4-8-19)21(25)22-11-16-30(26,27)24-14-12-23(13-15-24)18-5-9-20(29-2)10-6-18/h3-10H,11-16H2,1-2H3,(H,22,25). The van der Waals surface area contributed by atoms with Crippen LogP contribution in [0.1, 0.15) is 10.4 Å². The molecule has 1 heterocycles. The third kappa shape index (κ3) is 5.43. The predicted octanol–water partition coefficient (Wildman–Crippen LogP) is 1.59. The highest BCUT2D eigenvalue weighted by molar-refractivity contribution is 7.89. The highest BCUT2D eigenvalue weighted by Crippen LogP contribution is 2.21. The minimum absolute atomic E-state index is 0.0614. The zero-order chi connectivity index (χ0) is 21.6. The van der Waals surface area contributed by atoms with Gasteiger partial charge in [0.15, 0.2) is 0 Å². The van der Waals surface area contributed by atoms with E-state index in [4.69, 9.17) is 9.47 Å². The second-order valence-corrected chi connectivity index (χ2v) is 8.97. The molecule has 2 aromatic carbocycles. The van der Waals surface area contributed by atoms with Crippen molar-refractivity contribution in [2.75, 3.05) is 57.6 Å². The average Bonchev–Trinajstić information content (AvgIpc) is 2.79. The fraction of sp³-hybridized carbons (Fsp3) is 0.381. The third-order valence-electron chi connectivity index (χ3n) is 5.07. The Labute approximate surface area is 177 Å². The minimum atomic E-state index is -3.44. The summed E-state index contributed by atoms with van der Waals surface area (Å²) in [6.45, 7) is 2.13. The zero-order valence-corrected chi connectivity index (χ0v) is 18.0. The van der Waals surface area contributed by atoms with E-state index in [1.165, 1.54) is 4.31 Å². The molecular weight excluding hydrogens is 406 g/mol. The molecule has 0 radical (unpaired) electrons. The molecule has 0 unspecified atom stereocenters. The van der Waals surface area contributed by atoms with Crippen LogP contribution in [-0.2, 0) is 10.0 Å². The first-order chi connectivity index (χ1) is 14.4. The number of nitrogens with one attached hydrogen (secondary N) is 1. The first-order valence-corrected chi connectivity index (χ1v) is 11.3. The van der Waals surface area contributed by atoms with E-state index in [-0.39, 0.29) is 18.2 Å². The van der Waals surface area contributed by atoms with Crippen LogP contribution < -0.4 is 19.7 Å².